The number of halogens is 1. The van der Waals surface area contributed by atoms with E-state index in [1.807, 2.05) is 57.2 Å². The molecule has 0 bridgehead atoms. The third-order valence-corrected chi connectivity index (χ3v) is 8.58. The van der Waals surface area contributed by atoms with Crippen molar-refractivity contribution in [1.29, 1.82) is 0 Å². The van der Waals surface area contributed by atoms with Crippen LogP contribution in [0.25, 0.3) is 16.5 Å². The summed E-state index contributed by atoms with van der Waals surface area (Å²) in [6.07, 6.45) is 6.72. The molecule has 2 aromatic carbocycles. The van der Waals surface area contributed by atoms with Gasteiger partial charge < -0.3 is 25.4 Å². The summed E-state index contributed by atoms with van der Waals surface area (Å²) in [5, 5.41) is 12.4. The number of carbonyl (C=O) groups excluding carboxylic acids is 4. The second-order valence-corrected chi connectivity index (χ2v) is 13.9. The molecule has 13 heteroatoms. The molecule has 0 unspecified atom stereocenters. The number of nitrogens with one attached hydrogen (secondary N) is 3. The summed E-state index contributed by atoms with van der Waals surface area (Å²) in [4.78, 5) is 56.6. The zero-order chi connectivity index (χ0) is 36.8. The summed E-state index contributed by atoms with van der Waals surface area (Å²) in [6.45, 7) is 9.33. The molecular formula is C37H47ClN6O6. The molecular weight excluding hydrogens is 660 g/mol. The van der Waals surface area contributed by atoms with Gasteiger partial charge in [-0.1, -0.05) is 86.0 Å². The van der Waals surface area contributed by atoms with Crippen LogP contribution in [-0.4, -0.2) is 55.5 Å². The minimum Gasteiger partial charge on any atom is -0.495 e. The van der Waals surface area contributed by atoms with Crippen LogP contribution in [0.5, 0.6) is 5.75 Å². The number of esters is 1. The molecule has 2 aromatic rings. The van der Waals surface area contributed by atoms with Crippen LogP contribution in [0.1, 0.15) is 64.2 Å². The van der Waals surface area contributed by atoms with Gasteiger partial charge in [0.25, 0.3) is 0 Å². The number of hydrogen-bond donors (Lipinski definition) is 3. The highest BCUT2D eigenvalue weighted by Gasteiger charge is 2.35. The summed E-state index contributed by atoms with van der Waals surface area (Å²) < 4.78 is 11.3. The zero-order valence-corrected chi connectivity index (χ0v) is 30.2. The highest BCUT2D eigenvalue weighted by molar-refractivity contribution is 6.32. The summed E-state index contributed by atoms with van der Waals surface area (Å²) in [6, 6.07) is 10.7. The number of nitrogens with zero attached hydrogens (tertiary/aromatic N) is 3. The number of amides is 3. The maximum Gasteiger partial charge on any atom is 0.328 e. The fourth-order valence-electron chi connectivity index (χ4n) is 5.20. The van der Waals surface area contributed by atoms with Crippen molar-refractivity contribution in [1.82, 2.24) is 16.0 Å². The van der Waals surface area contributed by atoms with Crippen LogP contribution in [0.4, 0.5) is 0 Å². The van der Waals surface area contributed by atoms with Crippen molar-refractivity contribution in [3.8, 4) is 5.75 Å². The lowest BCUT2D eigenvalue weighted by Crippen LogP contribution is -2.54. The first-order valence-electron chi connectivity index (χ1n) is 16.6. The number of cyclic esters (lactones) is 1. The molecule has 0 spiro atoms. The highest BCUT2D eigenvalue weighted by Crippen LogP contribution is 2.26. The monoisotopic (exact) mass is 706 g/mol. The van der Waals surface area contributed by atoms with E-state index in [0.29, 0.717) is 22.8 Å². The smallest absolute Gasteiger partial charge is 0.328 e. The minimum atomic E-state index is -1.11. The SMILES string of the molecule is COc1ccc(C[C@H]2NC(=O)/C=C/C[C@@H]([C@H](C)/C=C/c3ccc(CN=[N+]=[N-])cc3)OC(=O)[C@H](CC(C)C)NC(=O)C(C)(C)CNC2=O)cc1Cl. The Morgan fingerprint density at radius 3 is 2.40 bits per heavy atom. The highest BCUT2D eigenvalue weighted by atomic mass is 35.5. The number of ether oxygens (including phenoxy) is 2. The van der Waals surface area contributed by atoms with Gasteiger partial charge in [0.05, 0.1) is 24.1 Å². The quantitative estimate of drug-likeness (QED) is 0.117. The fraction of sp³-hybridized carbons (Fsp3) is 0.459. The van der Waals surface area contributed by atoms with E-state index in [1.54, 1.807) is 38.1 Å². The largest absolute Gasteiger partial charge is 0.495 e. The molecule has 268 valence electrons. The molecule has 3 N–H and O–H groups in total. The van der Waals surface area contributed by atoms with E-state index in [0.717, 1.165) is 11.1 Å². The van der Waals surface area contributed by atoms with Crippen LogP contribution < -0.4 is 20.7 Å². The number of rotatable bonds is 10. The predicted molar refractivity (Wildman–Crippen MR) is 193 cm³/mol. The first-order chi connectivity index (χ1) is 23.7. The molecule has 12 nitrogen and oxygen atoms in total. The van der Waals surface area contributed by atoms with Crippen LogP contribution in [0, 0.1) is 17.3 Å². The molecule has 4 atom stereocenters. The lowest BCUT2D eigenvalue weighted by atomic mass is 9.90. The molecule has 0 saturated carbocycles. The Bertz CT molecular complexity index is 1620. The zero-order valence-electron chi connectivity index (χ0n) is 29.4. The van der Waals surface area contributed by atoms with E-state index in [9.17, 15) is 19.2 Å². The average Bonchev–Trinajstić information content (AvgIpc) is 3.07. The minimum absolute atomic E-state index is 0.0519. The van der Waals surface area contributed by atoms with Crippen LogP contribution in [0.15, 0.2) is 65.8 Å². The van der Waals surface area contributed by atoms with Gasteiger partial charge in [-0.25, -0.2) is 4.79 Å². The molecule has 1 aliphatic rings. The molecule has 0 saturated heterocycles. The van der Waals surface area contributed by atoms with Crippen molar-refractivity contribution in [2.45, 2.75) is 78.6 Å². The molecule has 3 amide bonds. The van der Waals surface area contributed by atoms with E-state index in [2.05, 4.69) is 26.0 Å². The van der Waals surface area contributed by atoms with Crippen LogP contribution >= 0.6 is 11.6 Å². The molecule has 1 heterocycles. The van der Waals surface area contributed by atoms with Crippen LogP contribution in [0.3, 0.4) is 0 Å². The lowest BCUT2D eigenvalue weighted by Gasteiger charge is -2.30. The van der Waals surface area contributed by atoms with Crippen molar-refractivity contribution in [3.63, 3.8) is 0 Å². The Hall–Kier alpha value is -4.80. The number of methoxy groups -OCH3 is 1. The number of hydrogen-bond acceptors (Lipinski definition) is 7. The van der Waals surface area contributed by atoms with Gasteiger partial charge in [0.2, 0.25) is 17.7 Å². The first kappa shape index (κ1) is 39.6. The first-order valence-corrected chi connectivity index (χ1v) is 17.0. The van der Waals surface area contributed by atoms with Gasteiger partial charge in [-0.2, -0.15) is 0 Å². The Morgan fingerprint density at radius 2 is 1.76 bits per heavy atom. The molecule has 0 aliphatic carbocycles. The van der Waals surface area contributed by atoms with Gasteiger partial charge in [0, 0.05) is 30.2 Å². The molecule has 3 rings (SSSR count). The molecule has 0 aromatic heterocycles. The molecule has 1 aliphatic heterocycles. The third kappa shape index (κ3) is 12.3. The predicted octanol–water partition coefficient (Wildman–Crippen LogP) is 6.08. The number of benzene rings is 2. The van der Waals surface area contributed by atoms with Gasteiger partial charge in [-0.15, -0.1) is 0 Å². The van der Waals surface area contributed by atoms with Crippen LogP contribution in [-0.2, 0) is 36.9 Å². The van der Waals surface area contributed by atoms with E-state index >= 15 is 0 Å². The maximum absolute atomic E-state index is 13.6. The van der Waals surface area contributed by atoms with E-state index in [4.69, 9.17) is 26.6 Å². The average molecular weight is 707 g/mol. The van der Waals surface area contributed by atoms with E-state index in [-0.39, 0.29) is 37.8 Å². The third-order valence-electron chi connectivity index (χ3n) is 8.29. The number of carbonyl (C=O) groups is 4. The Labute approximate surface area is 298 Å². The van der Waals surface area contributed by atoms with Crippen molar-refractivity contribution in [3.05, 3.63) is 92.8 Å². The fourth-order valence-corrected chi connectivity index (χ4v) is 5.48. The Balaban J connectivity index is 1.92. The number of azide groups is 1. The Kier molecular flexibility index (Phi) is 14.9. The van der Waals surface area contributed by atoms with Gasteiger partial charge in [-0.05, 0) is 66.6 Å². The van der Waals surface area contributed by atoms with Crippen molar-refractivity contribution >= 4 is 41.4 Å². The molecule has 0 fully saturated rings. The van der Waals surface area contributed by atoms with Gasteiger partial charge in [0.15, 0.2) is 0 Å². The summed E-state index contributed by atoms with van der Waals surface area (Å²) in [5.41, 5.74) is 9.93. The normalized spacial score (nSPS) is 21.7. The van der Waals surface area contributed by atoms with Crippen molar-refractivity contribution < 1.29 is 28.7 Å². The summed E-state index contributed by atoms with van der Waals surface area (Å²) in [7, 11) is 1.50. The summed E-state index contributed by atoms with van der Waals surface area (Å²) >= 11 is 6.32. The maximum atomic E-state index is 13.6. The second kappa shape index (κ2) is 18.8. The molecule has 50 heavy (non-hydrogen) atoms. The van der Waals surface area contributed by atoms with Gasteiger partial charge in [-0.3, -0.25) is 14.4 Å². The van der Waals surface area contributed by atoms with Crippen molar-refractivity contribution in [2.75, 3.05) is 13.7 Å². The second-order valence-electron chi connectivity index (χ2n) is 13.5. The van der Waals surface area contributed by atoms with E-state index in [1.165, 1.54) is 13.2 Å². The van der Waals surface area contributed by atoms with Gasteiger partial charge >= 0.3 is 5.97 Å². The topological polar surface area (TPSA) is 172 Å². The van der Waals surface area contributed by atoms with Crippen molar-refractivity contribution in [2.24, 2.45) is 22.4 Å². The summed E-state index contributed by atoms with van der Waals surface area (Å²) in [5.74, 6) is -1.75. The molecule has 0 radical (unpaired) electrons. The Morgan fingerprint density at radius 1 is 1.06 bits per heavy atom. The van der Waals surface area contributed by atoms with Gasteiger partial charge in [0.1, 0.15) is 23.9 Å². The van der Waals surface area contributed by atoms with E-state index < -0.39 is 47.3 Å². The standard InChI is InChI=1S/C37H47ClN6O6/c1-23(2)18-30-35(47)50-31(24(3)10-11-25-12-14-26(15-13-25)21-41-44-39)8-7-9-33(45)42-29(20-27-16-17-32(49-6)28(38)19-27)34(46)40-22-37(4,5)36(48)43-30/h7,9-17,19,23-24,29-31H,8,18,20-22H2,1-6H3,(H,40,46)(H,42,45)(H,43,48)/b9-7+,11-10+/t24-,29-,30+,31+/m1/s1. The van der Waals surface area contributed by atoms with Crippen LogP contribution in [0.2, 0.25) is 5.02 Å². The lowest BCUT2D eigenvalue weighted by molar-refractivity contribution is -0.155.